The zero-order valence-electron chi connectivity index (χ0n) is 13.8. The zero-order valence-corrected chi connectivity index (χ0v) is 13.8. The smallest absolute Gasteiger partial charge is 0.407 e. The van der Waals surface area contributed by atoms with E-state index in [1.54, 1.807) is 20.8 Å². The number of rotatable bonds is 4. The van der Waals surface area contributed by atoms with Gasteiger partial charge in [-0.05, 0) is 26.3 Å². The molecule has 1 aromatic rings. The molecule has 2 rings (SSSR count). The lowest BCUT2D eigenvalue weighted by Crippen LogP contribution is -2.44. The molecule has 1 amide bonds. The van der Waals surface area contributed by atoms with Gasteiger partial charge in [0.1, 0.15) is 5.60 Å². The van der Waals surface area contributed by atoms with Gasteiger partial charge >= 0.3 is 6.09 Å². The summed E-state index contributed by atoms with van der Waals surface area (Å²) in [5.41, 5.74) is 0.422. The maximum atomic E-state index is 13.3. The SMILES string of the molecule is CC(C)(C)OC(=O)N[C@@H]1CN(Cc2ccccc2)C[C@@H]1C(F)F. The van der Waals surface area contributed by atoms with Crippen LogP contribution in [0.2, 0.25) is 0 Å². The molecule has 0 aliphatic carbocycles. The van der Waals surface area contributed by atoms with E-state index in [0.29, 0.717) is 13.1 Å². The van der Waals surface area contributed by atoms with Crippen molar-refractivity contribution in [2.75, 3.05) is 13.1 Å². The van der Waals surface area contributed by atoms with Crippen LogP contribution in [-0.4, -0.2) is 42.2 Å². The van der Waals surface area contributed by atoms with E-state index in [9.17, 15) is 13.6 Å². The standard InChI is InChI=1S/C17H24F2N2O2/c1-17(2,3)23-16(22)20-14-11-21(10-13(14)15(18)19)9-12-7-5-4-6-8-12/h4-8,13-15H,9-11H2,1-3H3,(H,20,22)/t13-,14+/m0/s1. The molecule has 0 unspecified atom stereocenters. The molecule has 23 heavy (non-hydrogen) atoms. The van der Waals surface area contributed by atoms with E-state index in [1.165, 1.54) is 0 Å². The van der Waals surface area contributed by atoms with Crippen LogP contribution in [-0.2, 0) is 11.3 Å². The number of alkyl carbamates (subject to hydrolysis) is 1. The summed E-state index contributed by atoms with van der Waals surface area (Å²) < 4.78 is 31.7. The fourth-order valence-electron chi connectivity index (χ4n) is 2.75. The van der Waals surface area contributed by atoms with Crippen LogP contribution in [0, 0.1) is 5.92 Å². The van der Waals surface area contributed by atoms with Gasteiger partial charge in [-0.2, -0.15) is 0 Å². The predicted octanol–water partition coefficient (Wildman–Crippen LogP) is 3.28. The number of nitrogens with zero attached hydrogens (tertiary/aromatic N) is 1. The van der Waals surface area contributed by atoms with Crippen molar-refractivity contribution >= 4 is 6.09 Å². The van der Waals surface area contributed by atoms with Crippen LogP contribution in [0.15, 0.2) is 30.3 Å². The minimum Gasteiger partial charge on any atom is -0.444 e. The summed E-state index contributed by atoms with van der Waals surface area (Å²) in [4.78, 5) is 13.8. The molecule has 1 N–H and O–H groups in total. The Kier molecular flexibility index (Phi) is 5.57. The second-order valence-electron chi connectivity index (χ2n) is 6.93. The molecule has 6 heteroatoms. The maximum Gasteiger partial charge on any atom is 0.407 e. The first kappa shape index (κ1) is 17.7. The molecule has 2 atom stereocenters. The van der Waals surface area contributed by atoms with Gasteiger partial charge in [0.2, 0.25) is 6.43 Å². The van der Waals surface area contributed by atoms with Gasteiger partial charge in [0.25, 0.3) is 0 Å². The average molecular weight is 326 g/mol. The van der Waals surface area contributed by atoms with E-state index >= 15 is 0 Å². The summed E-state index contributed by atoms with van der Waals surface area (Å²) in [6, 6.07) is 9.09. The summed E-state index contributed by atoms with van der Waals surface area (Å²) in [5.74, 6) is -0.883. The molecule has 1 aromatic carbocycles. The number of halogens is 2. The van der Waals surface area contributed by atoms with E-state index in [-0.39, 0.29) is 6.54 Å². The summed E-state index contributed by atoms with van der Waals surface area (Å²) in [6.07, 6.45) is -3.12. The fraction of sp³-hybridized carbons (Fsp3) is 0.588. The molecular formula is C17H24F2N2O2. The lowest BCUT2D eigenvalue weighted by atomic mass is 10.1. The minimum atomic E-state index is -2.48. The molecule has 1 aliphatic heterocycles. The van der Waals surface area contributed by atoms with Crippen LogP contribution in [0.1, 0.15) is 26.3 Å². The van der Waals surface area contributed by atoms with Crippen molar-refractivity contribution in [3.05, 3.63) is 35.9 Å². The number of likely N-dealkylation sites (tertiary alicyclic amines) is 1. The Hall–Kier alpha value is -1.69. The van der Waals surface area contributed by atoms with Gasteiger partial charge in [0.05, 0.1) is 12.0 Å². The summed E-state index contributed by atoms with van der Waals surface area (Å²) >= 11 is 0. The first-order chi connectivity index (χ1) is 10.7. The quantitative estimate of drug-likeness (QED) is 0.923. The van der Waals surface area contributed by atoms with Crippen LogP contribution in [0.5, 0.6) is 0 Å². The molecule has 1 fully saturated rings. The minimum absolute atomic E-state index is 0.257. The van der Waals surface area contributed by atoms with Crippen LogP contribution in [0.4, 0.5) is 13.6 Å². The van der Waals surface area contributed by atoms with Gasteiger partial charge in [0, 0.05) is 19.6 Å². The molecule has 0 saturated carbocycles. The predicted molar refractivity (Wildman–Crippen MR) is 84.4 cm³/mol. The first-order valence-corrected chi connectivity index (χ1v) is 7.78. The third kappa shape index (κ3) is 5.46. The number of nitrogens with one attached hydrogen (secondary N) is 1. The molecule has 0 bridgehead atoms. The summed E-state index contributed by atoms with van der Waals surface area (Å²) in [7, 11) is 0. The Bertz CT molecular complexity index is 517. The summed E-state index contributed by atoms with van der Waals surface area (Å²) in [5, 5.41) is 2.60. The van der Waals surface area contributed by atoms with Gasteiger partial charge in [-0.15, -0.1) is 0 Å². The highest BCUT2D eigenvalue weighted by Gasteiger charge is 2.40. The molecule has 0 radical (unpaired) electrons. The molecule has 1 aliphatic rings. The number of benzene rings is 1. The monoisotopic (exact) mass is 326 g/mol. The first-order valence-electron chi connectivity index (χ1n) is 7.78. The topological polar surface area (TPSA) is 41.6 Å². The molecule has 1 heterocycles. The molecule has 1 saturated heterocycles. The second-order valence-corrected chi connectivity index (χ2v) is 6.93. The van der Waals surface area contributed by atoms with E-state index in [0.717, 1.165) is 5.56 Å². The van der Waals surface area contributed by atoms with Crippen molar-refractivity contribution in [1.82, 2.24) is 10.2 Å². The van der Waals surface area contributed by atoms with E-state index in [2.05, 4.69) is 5.32 Å². The largest absolute Gasteiger partial charge is 0.444 e. The van der Waals surface area contributed by atoms with Gasteiger partial charge in [0.15, 0.2) is 0 Å². The Morgan fingerprint density at radius 2 is 1.96 bits per heavy atom. The number of alkyl halides is 2. The normalized spacial score (nSPS) is 22.3. The second kappa shape index (κ2) is 7.25. The van der Waals surface area contributed by atoms with Crippen molar-refractivity contribution in [3.8, 4) is 0 Å². The van der Waals surface area contributed by atoms with Gasteiger partial charge in [-0.25, -0.2) is 13.6 Å². The Morgan fingerprint density at radius 3 is 2.52 bits per heavy atom. The van der Waals surface area contributed by atoms with Crippen molar-refractivity contribution in [2.24, 2.45) is 5.92 Å². The lowest BCUT2D eigenvalue weighted by molar-refractivity contribution is 0.0407. The van der Waals surface area contributed by atoms with E-state index < -0.39 is 30.1 Å². The van der Waals surface area contributed by atoms with Gasteiger partial charge < -0.3 is 10.1 Å². The third-order valence-corrected chi connectivity index (χ3v) is 3.72. The lowest BCUT2D eigenvalue weighted by Gasteiger charge is -2.24. The fourth-order valence-corrected chi connectivity index (χ4v) is 2.75. The maximum absolute atomic E-state index is 13.3. The number of hydrogen-bond acceptors (Lipinski definition) is 3. The van der Waals surface area contributed by atoms with Crippen molar-refractivity contribution in [3.63, 3.8) is 0 Å². The number of carbonyl (C=O) groups is 1. The highest BCUT2D eigenvalue weighted by atomic mass is 19.3. The molecule has 4 nitrogen and oxygen atoms in total. The average Bonchev–Trinajstić information content (AvgIpc) is 2.80. The van der Waals surface area contributed by atoms with Crippen molar-refractivity contribution in [2.45, 2.75) is 45.4 Å². The number of amides is 1. The highest BCUT2D eigenvalue weighted by molar-refractivity contribution is 5.68. The molecular weight excluding hydrogens is 302 g/mol. The van der Waals surface area contributed by atoms with E-state index in [1.807, 2.05) is 35.2 Å². The summed E-state index contributed by atoms with van der Waals surface area (Å²) in [6.45, 7) is 6.47. The van der Waals surface area contributed by atoms with Crippen LogP contribution in [0.25, 0.3) is 0 Å². The van der Waals surface area contributed by atoms with Gasteiger partial charge in [-0.3, -0.25) is 4.90 Å². The molecule has 128 valence electrons. The molecule has 0 aromatic heterocycles. The molecule has 0 spiro atoms. The number of hydrogen-bond donors (Lipinski definition) is 1. The van der Waals surface area contributed by atoms with Crippen LogP contribution < -0.4 is 5.32 Å². The van der Waals surface area contributed by atoms with Crippen molar-refractivity contribution < 1.29 is 18.3 Å². The van der Waals surface area contributed by atoms with Crippen molar-refractivity contribution in [1.29, 1.82) is 0 Å². The van der Waals surface area contributed by atoms with Gasteiger partial charge in [-0.1, -0.05) is 30.3 Å². The third-order valence-electron chi connectivity index (χ3n) is 3.72. The Balaban J connectivity index is 1.96. The van der Waals surface area contributed by atoms with Crippen LogP contribution in [0.3, 0.4) is 0 Å². The zero-order chi connectivity index (χ0) is 17.0. The highest BCUT2D eigenvalue weighted by Crippen LogP contribution is 2.25. The van der Waals surface area contributed by atoms with E-state index in [4.69, 9.17) is 4.74 Å². The Labute approximate surface area is 135 Å². The van der Waals surface area contributed by atoms with Crippen LogP contribution >= 0.6 is 0 Å². The Morgan fingerprint density at radius 1 is 1.30 bits per heavy atom. The number of carbonyl (C=O) groups excluding carboxylic acids is 1. The number of ether oxygens (including phenoxy) is 1.